The van der Waals surface area contributed by atoms with Crippen molar-refractivity contribution in [2.75, 3.05) is 0 Å². The second kappa shape index (κ2) is 4.19. The summed E-state index contributed by atoms with van der Waals surface area (Å²) in [6.07, 6.45) is 7.77. The Morgan fingerprint density at radius 2 is 1.60 bits per heavy atom. The van der Waals surface area contributed by atoms with E-state index in [1.807, 2.05) is 0 Å². The summed E-state index contributed by atoms with van der Waals surface area (Å²) in [4.78, 5) is 0. The van der Waals surface area contributed by atoms with Crippen molar-refractivity contribution >= 4 is 48.4 Å². The molecule has 2 heteroatoms. The van der Waals surface area contributed by atoms with Gasteiger partial charge in [0.25, 0.3) is 0 Å². The van der Waals surface area contributed by atoms with Crippen molar-refractivity contribution < 1.29 is 0 Å². The molecule has 0 atom stereocenters. The van der Waals surface area contributed by atoms with Gasteiger partial charge in [-0.1, -0.05) is 0 Å². The first kappa shape index (κ1) is 9.94. The van der Waals surface area contributed by atoms with Crippen LogP contribution in [0.25, 0.3) is 0 Å². The summed E-state index contributed by atoms with van der Waals surface area (Å²) in [5.41, 5.74) is 1.22. The molecule has 10 heavy (non-hydrogen) atoms. The van der Waals surface area contributed by atoms with Crippen LogP contribution in [-0.2, 0) is 0 Å². The van der Waals surface area contributed by atoms with Crippen molar-refractivity contribution in [2.45, 2.75) is 50.7 Å². The summed E-state index contributed by atoms with van der Waals surface area (Å²) >= 11 is 1.15. The maximum atomic E-state index is 2.60. The van der Waals surface area contributed by atoms with Crippen LogP contribution in [0.3, 0.4) is 0 Å². The Hall–Kier alpha value is 1.85. The molecule has 0 amide bonds. The quantitative estimate of drug-likeness (QED) is 0.544. The third-order valence-corrected chi connectivity index (χ3v) is 9.68. The van der Waals surface area contributed by atoms with Gasteiger partial charge in [0, 0.05) is 0 Å². The Labute approximate surface area is 97.4 Å². The van der Waals surface area contributed by atoms with Gasteiger partial charge in [0.05, 0.1) is 0 Å². The second-order valence-electron chi connectivity index (χ2n) is 4.70. The van der Waals surface area contributed by atoms with Gasteiger partial charge in [-0.05, 0) is 0 Å². The van der Waals surface area contributed by atoms with E-state index >= 15 is 0 Å². The molecule has 0 aromatic heterocycles. The maximum absolute atomic E-state index is 2.60. The van der Waals surface area contributed by atoms with Crippen LogP contribution in [0.15, 0.2) is 0 Å². The van der Waals surface area contributed by atoms with E-state index in [-0.39, 0.29) is 0 Å². The Morgan fingerprint density at radius 3 is 1.90 bits per heavy atom. The molecule has 0 nitrogen and oxygen atoms in total. The van der Waals surface area contributed by atoms with Crippen molar-refractivity contribution in [2.24, 2.45) is 0 Å². The van der Waals surface area contributed by atoms with Crippen molar-refractivity contribution in [1.82, 2.24) is 0 Å². The molecule has 1 aliphatic carbocycles. The van der Waals surface area contributed by atoms with Gasteiger partial charge >= 0.3 is 99.2 Å². The number of hydrogen-bond donors (Lipinski definition) is 0. The molecular formula is C8H17KSi. The molecule has 0 saturated heterocycles. The first-order valence-corrected chi connectivity index (χ1v) is 12.9. The fourth-order valence-electron chi connectivity index (χ4n) is 1.97. The molecule has 0 aliphatic heterocycles. The van der Waals surface area contributed by atoms with Crippen LogP contribution in [-0.4, -0.2) is 48.4 Å². The van der Waals surface area contributed by atoms with E-state index in [4.69, 9.17) is 0 Å². The average molecular weight is 180 g/mol. The molecular weight excluding hydrogens is 163 g/mol. The number of rotatable bonds is 1. The van der Waals surface area contributed by atoms with Crippen LogP contribution < -0.4 is 0 Å². The molecule has 0 spiro atoms. The fraction of sp³-hybridized carbons (Fsp3) is 1.00. The fourth-order valence-corrected chi connectivity index (χ4v) is 6.81. The van der Waals surface area contributed by atoms with Gasteiger partial charge in [0.2, 0.25) is 0 Å². The van der Waals surface area contributed by atoms with E-state index in [2.05, 4.69) is 13.1 Å². The standard InChI is InChI=1S/C8H17Si.K/c1-9(2)8-6-4-3-5-7-8;/h8H,3-7H2,1-2H3;. The minimum atomic E-state index is -0.569. The van der Waals surface area contributed by atoms with Crippen LogP contribution in [0.5, 0.6) is 0 Å². The molecule has 0 aromatic carbocycles. The molecule has 0 heterocycles. The Balaban J connectivity index is 2.39. The molecule has 0 N–H and O–H groups in total. The predicted octanol–water partition coefficient (Wildman–Crippen LogP) is 2.69. The van der Waals surface area contributed by atoms with Gasteiger partial charge in [-0.3, -0.25) is 0 Å². The van der Waals surface area contributed by atoms with Crippen molar-refractivity contribution in [3.8, 4) is 0 Å². The molecule has 0 radical (unpaired) electrons. The van der Waals surface area contributed by atoms with Crippen LogP contribution >= 0.6 is 0 Å². The first-order valence-electron chi connectivity index (χ1n) is 4.61. The Morgan fingerprint density at radius 1 is 1.10 bits per heavy atom. The SMILES string of the molecule is C[Si](C)([K])C1CCCCC1. The minimum absolute atomic E-state index is 0.569. The zero-order valence-corrected chi connectivity index (χ0v) is 11.7. The summed E-state index contributed by atoms with van der Waals surface area (Å²) in [6, 6.07) is 0. The third kappa shape index (κ3) is 3.07. The van der Waals surface area contributed by atoms with Gasteiger partial charge in [-0.25, -0.2) is 0 Å². The van der Waals surface area contributed by atoms with Crippen LogP contribution in [0.2, 0.25) is 18.6 Å². The third-order valence-electron chi connectivity index (χ3n) is 2.83. The first-order chi connectivity index (χ1) is 4.61. The predicted molar refractivity (Wildman–Crippen MR) is 50.1 cm³/mol. The summed E-state index contributed by atoms with van der Waals surface area (Å²) < 4.78 is -0.569. The molecule has 1 aliphatic rings. The van der Waals surface area contributed by atoms with E-state index < -0.39 is 0.755 Å². The molecule has 54 valence electrons. The topological polar surface area (TPSA) is 0 Å². The molecule has 0 unspecified atom stereocenters. The van der Waals surface area contributed by atoms with Crippen LogP contribution in [0.4, 0.5) is 0 Å². The van der Waals surface area contributed by atoms with Gasteiger partial charge in [-0.2, -0.15) is 0 Å². The van der Waals surface area contributed by atoms with Gasteiger partial charge in [-0.15, -0.1) is 0 Å². The number of hydrogen-bond acceptors (Lipinski definition) is 0. The summed E-state index contributed by atoms with van der Waals surface area (Å²) in [7, 11) is 0. The van der Waals surface area contributed by atoms with E-state index in [0.29, 0.717) is 0 Å². The van der Waals surface area contributed by atoms with Crippen LogP contribution in [0.1, 0.15) is 32.1 Å². The average Bonchev–Trinajstić information content (AvgIpc) is 1.88. The van der Waals surface area contributed by atoms with Gasteiger partial charge in [0.15, 0.2) is 0 Å². The monoisotopic (exact) mass is 180 g/mol. The summed E-state index contributed by atoms with van der Waals surface area (Å²) in [5.74, 6) is 0. The van der Waals surface area contributed by atoms with Gasteiger partial charge in [0.1, 0.15) is 0 Å². The molecule has 1 fully saturated rings. The molecule has 0 aromatic rings. The normalized spacial score (nSPS) is 23.2. The van der Waals surface area contributed by atoms with E-state index in [1.165, 1.54) is 24.8 Å². The van der Waals surface area contributed by atoms with Crippen molar-refractivity contribution in [3.05, 3.63) is 0 Å². The van der Waals surface area contributed by atoms with E-state index in [9.17, 15) is 0 Å². The van der Waals surface area contributed by atoms with E-state index in [0.717, 1.165) is 47.7 Å². The van der Waals surface area contributed by atoms with Crippen molar-refractivity contribution in [3.63, 3.8) is 0 Å². The Kier molecular flexibility index (Phi) is 4.17. The zero-order valence-electron chi connectivity index (χ0n) is 7.61. The zero-order chi connectivity index (χ0) is 7.61. The Bertz CT molecular complexity index is 100. The molecule has 0 bridgehead atoms. The molecule has 1 saturated carbocycles. The van der Waals surface area contributed by atoms with E-state index in [1.54, 1.807) is 12.8 Å². The summed E-state index contributed by atoms with van der Waals surface area (Å²) in [6.45, 7) is 5.20. The van der Waals surface area contributed by atoms with Crippen molar-refractivity contribution in [1.29, 1.82) is 0 Å². The van der Waals surface area contributed by atoms with Crippen LogP contribution in [0, 0.1) is 0 Å². The second-order valence-corrected chi connectivity index (χ2v) is 22.3. The van der Waals surface area contributed by atoms with Gasteiger partial charge < -0.3 is 0 Å². The summed E-state index contributed by atoms with van der Waals surface area (Å²) in [5, 5.41) is 0. The molecule has 1 rings (SSSR count).